The lowest BCUT2D eigenvalue weighted by Gasteiger charge is -2.32. The van der Waals surface area contributed by atoms with Crippen LogP contribution in [0.5, 0.6) is 0 Å². The number of rotatable bonds is 4. The summed E-state index contributed by atoms with van der Waals surface area (Å²) in [5.74, 6) is 0.144. The van der Waals surface area contributed by atoms with Gasteiger partial charge in [0.1, 0.15) is 5.84 Å². The molecule has 18 heavy (non-hydrogen) atoms. The molecule has 1 fully saturated rings. The molecule has 1 atom stereocenters. The summed E-state index contributed by atoms with van der Waals surface area (Å²) in [5, 5.41) is 7.60. The molecule has 0 aromatic heterocycles. The van der Waals surface area contributed by atoms with Crippen molar-refractivity contribution in [3.05, 3.63) is 35.4 Å². The molecule has 1 aliphatic heterocycles. The molecule has 1 aromatic carbocycles. The summed E-state index contributed by atoms with van der Waals surface area (Å²) < 4.78 is 5.66. The maximum Gasteiger partial charge on any atom is 0.123 e. The topological polar surface area (TPSA) is 62.3 Å². The van der Waals surface area contributed by atoms with E-state index < -0.39 is 0 Å². The lowest BCUT2D eigenvalue weighted by atomic mass is 10.1. The molecular formula is C14H21N3O. The number of hydrogen-bond donors (Lipinski definition) is 2. The van der Waals surface area contributed by atoms with E-state index in [9.17, 15) is 0 Å². The molecule has 0 radical (unpaired) electrons. The third-order valence-electron chi connectivity index (χ3n) is 3.38. The third-order valence-corrected chi connectivity index (χ3v) is 3.38. The summed E-state index contributed by atoms with van der Waals surface area (Å²) in [5.41, 5.74) is 7.58. The predicted octanol–water partition coefficient (Wildman–Crippen LogP) is 1.58. The molecule has 0 bridgehead atoms. The van der Waals surface area contributed by atoms with Crippen LogP contribution < -0.4 is 5.73 Å². The number of morpholine rings is 1. The second-order valence-electron chi connectivity index (χ2n) is 4.71. The quantitative estimate of drug-likeness (QED) is 0.627. The van der Waals surface area contributed by atoms with Crippen LogP contribution in [0.4, 0.5) is 0 Å². The summed E-state index contributed by atoms with van der Waals surface area (Å²) in [4.78, 5) is 2.37. The highest BCUT2D eigenvalue weighted by molar-refractivity contribution is 5.96. The zero-order chi connectivity index (χ0) is 13.0. The molecule has 2 rings (SSSR count). The Morgan fingerprint density at radius 3 is 3.00 bits per heavy atom. The minimum absolute atomic E-state index is 0.144. The van der Waals surface area contributed by atoms with Crippen molar-refractivity contribution in [2.45, 2.75) is 26.0 Å². The number of amidine groups is 1. The maximum absolute atomic E-state index is 7.60. The summed E-state index contributed by atoms with van der Waals surface area (Å²) >= 11 is 0. The Kier molecular flexibility index (Phi) is 4.33. The van der Waals surface area contributed by atoms with Crippen molar-refractivity contribution in [1.82, 2.24) is 4.90 Å². The first-order valence-electron chi connectivity index (χ1n) is 6.47. The smallest absolute Gasteiger partial charge is 0.123 e. The standard InChI is InChI=1S/C14H21N3O/c1-2-12-10-17(7-8-18-12)9-11-5-3-4-6-13(11)14(15)16/h3-6,12H,2,7-10H2,1H3,(H3,15,16). The van der Waals surface area contributed by atoms with Gasteiger partial charge < -0.3 is 10.5 Å². The Labute approximate surface area is 108 Å². The van der Waals surface area contributed by atoms with Gasteiger partial charge >= 0.3 is 0 Å². The van der Waals surface area contributed by atoms with Gasteiger partial charge in [0.05, 0.1) is 12.7 Å². The van der Waals surface area contributed by atoms with Crippen molar-refractivity contribution in [2.75, 3.05) is 19.7 Å². The highest BCUT2D eigenvalue weighted by Gasteiger charge is 2.19. The van der Waals surface area contributed by atoms with E-state index in [1.54, 1.807) is 0 Å². The molecule has 1 aromatic rings. The van der Waals surface area contributed by atoms with Crippen LogP contribution >= 0.6 is 0 Å². The fourth-order valence-electron chi connectivity index (χ4n) is 2.33. The van der Waals surface area contributed by atoms with Gasteiger partial charge in [-0.3, -0.25) is 10.3 Å². The summed E-state index contributed by atoms with van der Waals surface area (Å²) in [6.07, 6.45) is 1.38. The first-order valence-corrected chi connectivity index (χ1v) is 6.47. The van der Waals surface area contributed by atoms with Crippen molar-refractivity contribution < 1.29 is 4.74 Å². The van der Waals surface area contributed by atoms with Crippen molar-refractivity contribution in [1.29, 1.82) is 5.41 Å². The Bertz CT molecular complexity index is 419. The summed E-state index contributed by atoms with van der Waals surface area (Å²) in [6.45, 7) is 5.69. The maximum atomic E-state index is 7.60. The molecule has 0 amide bonds. The minimum Gasteiger partial charge on any atom is -0.384 e. The Balaban J connectivity index is 2.07. The minimum atomic E-state index is 0.144. The molecule has 3 N–H and O–H groups in total. The number of benzene rings is 1. The molecule has 0 spiro atoms. The third kappa shape index (κ3) is 3.09. The first kappa shape index (κ1) is 13.1. The molecule has 1 aliphatic rings. The Hall–Kier alpha value is -1.39. The van der Waals surface area contributed by atoms with Crippen LogP contribution in [-0.2, 0) is 11.3 Å². The largest absolute Gasteiger partial charge is 0.384 e. The molecule has 4 nitrogen and oxygen atoms in total. The monoisotopic (exact) mass is 247 g/mol. The zero-order valence-corrected chi connectivity index (χ0v) is 10.9. The Morgan fingerprint density at radius 1 is 1.50 bits per heavy atom. The fourth-order valence-corrected chi connectivity index (χ4v) is 2.33. The van der Waals surface area contributed by atoms with Crippen molar-refractivity contribution in [2.24, 2.45) is 5.73 Å². The van der Waals surface area contributed by atoms with Gasteiger partial charge in [-0.15, -0.1) is 0 Å². The fraction of sp³-hybridized carbons (Fsp3) is 0.500. The van der Waals surface area contributed by atoms with Gasteiger partial charge in [-0.25, -0.2) is 0 Å². The SMILES string of the molecule is CCC1CN(Cc2ccccc2C(=N)N)CCO1. The Morgan fingerprint density at radius 2 is 2.28 bits per heavy atom. The number of hydrogen-bond acceptors (Lipinski definition) is 3. The lowest BCUT2D eigenvalue weighted by molar-refractivity contribution is -0.0324. The van der Waals surface area contributed by atoms with Gasteiger partial charge in [0.25, 0.3) is 0 Å². The first-order chi connectivity index (χ1) is 8.70. The summed E-state index contributed by atoms with van der Waals surface area (Å²) in [6, 6.07) is 7.89. The van der Waals surface area contributed by atoms with Crippen LogP contribution in [0.25, 0.3) is 0 Å². The molecule has 1 heterocycles. The molecule has 0 aliphatic carbocycles. The highest BCUT2D eigenvalue weighted by atomic mass is 16.5. The predicted molar refractivity (Wildman–Crippen MR) is 72.8 cm³/mol. The van der Waals surface area contributed by atoms with E-state index in [1.807, 2.05) is 24.3 Å². The lowest BCUT2D eigenvalue weighted by Crippen LogP contribution is -2.41. The van der Waals surface area contributed by atoms with E-state index >= 15 is 0 Å². The average molecular weight is 247 g/mol. The van der Waals surface area contributed by atoms with Crippen molar-refractivity contribution in [3.8, 4) is 0 Å². The van der Waals surface area contributed by atoms with E-state index in [1.165, 1.54) is 0 Å². The van der Waals surface area contributed by atoms with E-state index in [0.717, 1.165) is 43.8 Å². The van der Waals surface area contributed by atoms with Crippen molar-refractivity contribution in [3.63, 3.8) is 0 Å². The van der Waals surface area contributed by atoms with Gasteiger partial charge in [0.15, 0.2) is 0 Å². The second kappa shape index (κ2) is 5.98. The van der Waals surface area contributed by atoms with Crippen LogP contribution in [0, 0.1) is 5.41 Å². The molecule has 4 heteroatoms. The van der Waals surface area contributed by atoms with Gasteiger partial charge in [-0.05, 0) is 12.0 Å². The second-order valence-corrected chi connectivity index (χ2v) is 4.71. The normalized spacial score (nSPS) is 20.8. The molecule has 98 valence electrons. The number of nitrogens with one attached hydrogen (secondary N) is 1. The van der Waals surface area contributed by atoms with Crippen molar-refractivity contribution >= 4 is 5.84 Å². The van der Waals surface area contributed by atoms with Gasteiger partial charge in [0, 0.05) is 25.2 Å². The number of nitrogen functional groups attached to an aromatic ring is 1. The number of nitrogens with two attached hydrogens (primary N) is 1. The molecule has 0 saturated carbocycles. The molecular weight excluding hydrogens is 226 g/mol. The van der Waals surface area contributed by atoms with Crippen LogP contribution in [0.1, 0.15) is 24.5 Å². The van der Waals surface area contributed by atoms with E-state index in [-0.39, 0.29) is 5.84 Å². The zero-order valence-electron chi connectivity index (χ0n) is 10.9. The summed E-state index contributed by atoms with van der Waals surface area (Å²) in [7, 11) is 0. The van der Waals surface area contributed by atoms with E-state index in [0.29, 0.717) is 6.10 Å². The molecule has 1 saturated heterocycles. The van der Waals surface area contributed by atoms with Crippen LogP contribution in [-0.4, -0.2) is 36.5 Å². The average Bonchev–Trinajstić information content (AvgIpc) is 2.39. The van der Waals surface area contributed by atoms with Crippen LogP contribution in [0.3, 0.4) is 0 Å². The number of nitrogens with zero attached hydrogens (tertiary/aromatic N) is 1. The highest BCUT2D eigenvalue weighted by Crippen LogP contribution is 2.15. The van der Waals surface area contributed by atoms with Gasteiger partial charge in [-0.1, -0.05) is 31.2 Å². The van der Waals surface area contributed by atoms with E-state index in [2.05, 4.69) is 11.8 Å². The van der Waals surface area contributed by atoms with Crippen LogP contribution in [0.15, 0.2) is 24.3 Å². The van der Waals surface area contributed by atoms with Gasteiger partial charge in [-0.2, -0.15) is 0 Å². The van der Waals surface area contributed by atoms with Crippen LogP contribution in [0.2, 0.25) is 0 Å². The van der Waals surface area contributed by atoms with Gasteiger partial charge in [0.2, 0.25) is 0 Å². The van der Waals surface area contributed by atoms with E-state index in [4.69, 9.17) is 15.9 Å². The number of ether oxygens (including phenoxy) is 1. The molecule has 1 unspecified atom stereocenters.